The van der Waals surface area contributed by atoms with Gasteiger partial charge in [-0.25, -0.2) is 0 Å². The van der Waals surface area contributed by atoms with E-state index < -0.39 is 0 Å². The topological polar surface area (TPSA) is 51.0 Å². The highest BCUT2D eigenvalue weighted by atomic mass is 16.2. The molecule has 5 heteroatoms. The predicted molar refractivity (Wildman–Crippen MR) is 91.5 cm³/mol. The number of hydrogen-bond acceptors (Lipinski definition) is 3. The van der Waals surface area contributed by atoms with Crippen LogP contribution in [0.4, 0.5) is 0 Å². The third kappa shape index (κ3) is 2.72. The van der Waals surface area contributed by atoms with Crippen molar-refractivity contribution in [2.75, 3.05) is 7.05 Å². The van der Waals surface area contributed by atoms with Crippen LogP contribution in [0.2, 0.25) is 0 Å². The summed E-state index contributed by atoms with van der Waals surface area (Å²) in [7, 11) is 1.86. The lowest BCUT2D eigenvalue weighted by Crippen LogP contribution is -2.42. The lowest BCUT2D eigenvalue weighted by molar-refractivity contribution is -0.136. The van der Waals surface area contributed by atoms with E-state index in [1.165, 1.54) is 37.7 Å². The molecule has 2 heterocycles. The average molecular weight is 324 g/mol. The minimum absolute atomic E-state index is 0.170. The quantitative estimate of drug-likeness (QED) is 0.872. The van der Waals surface area contributed by atoms with Crippen molar-refractivity contribution in [1.82, 2.24) is 19.7 Å². The second-order valence-electron chi connectivity index (χ2n) is 7.08. The summed E-state index contributed by atoms with van der Waals surface area (Å²) in [5.41, 5.74) is 1.18. The number of rotatable bonds is 3. The van der Waals surface area contributed by atoms with E-state index in [2.05, 4.69) is 26.9 Å². The highest BCUT2D eigenvalue weighted by molar-refractivity contribution is 5.81. The molecule has 4 rings (SSSR count). The molecular weight excluding hydrogens is 300 g/mol. The van der Waals surface area contributed by atoms with E-state index in [1.54, 1.807) is 4.90 Å². The van der Waals surface area contributed by atoms with Crippen molar-refractivity contribution in [3.8, 4) is 0 Å². The Kier molecular flexibility index (Phi) is 4.08. The van der Waals surface area contributed by atoms with Crippen molar-refractivity contribution in [3.05, 3.63) is 47.5 Å². The Morgan fingerprint density at radius 3 is 2.58 bits per heavy atom. The van der Waals surface area contributed by atoms with Crippen molar-refractivity contribution in [2.45, 2.75) is 57.0 Å². The zero-order valence-electron chi connectivity index (χ0n) is 14.2. The molecule has 24 heavy (non-hydrogen) atoms. The molecule has 1 aliphatic carbocycles. The molecule has 1 aliphatic heterocycles. The summed E-state index contributed by atoms with van der Waals surface area (Å²) >= 11 is 0. The van der Waals surface area contributed by atoms with Gasteiger partial charge in [0, 0.05) is 19.4 Å². The van der Waals surface area contributed by atoms with Gasteiger partial charge in [0.25, 0.3) is 0 Å². The summed E-state index contributed by atoms with van der Waals surface area (Å²) in [5, 5.41) is 8.94. The van der Waals surface area contributed by atoms with Gasteiger partial charge in [0.15, 0.2) is 5.82 Å². The van der Waals surface area contributed by atoms with Crippen LogP contribution in [0.1, 0.15) is 61.3 Å². The number of hydrogen-bond donors (Lipinski definition) is 0. The first-order valence-electron chi connectivity index (χ1n) is 8.96. The molecule has 5 nitrogen and oxygen atoms in total. The van der Waals surface area contributed by atoms with E-state index in [0.29, 0.717) is 18.9 Å². The molecule has 1 aromatic heterocycles. The normalized spacial score (nSPS) is 21.8. The van der Waals surface area contributed by atoms with Gasteiger partial charge in [0.2, 0.25) is 5.91 Å². The number of likely N-dealkylation sites (N-methyl/N-ethyl adjacent to an activating group) is 1. The summed E-state index contributed by atoms with van der Waals surface area (Å²) < 4.78 is 2.16. The molecule has 2 aromatic rings. The number of carbonyl (C=O) groups is 1. The number of carbonyl (C=O) groups excluding carboxylic acids is 1. The van der Waals surface area contributed by atoms with Gasteiger partial charge in [0.1, 0.15) is 11.9 Å². The summed E-state index contributed by atoms with van der Waals surface area (Å²) in [4.78, 5) is 14.7. The molecule has 0 spiro atoms. The van der Waals surface area contributed by atoms with E-state index in [1.807, 2.05) is 25.2 Å². The monoisotopic (exact) mass is 324 g/mol. The Morgan fingerprint density at radius 2 is 1.83 bits per heavy atom. The number of fused-ring (bicyclic) bond motifs is 1. The summed E-state index contributed by atoms with van der Waals surface area (Å²) in [6.07, 6.45) is 6.86. The fraction of sp³-hybridized carbons (Fsp3) is 0.526. The predicted octanol–water partition coefficient (Wildman–Crippen LogP) is 3.08. The lowest BCUT2D eigenvalue weighted by Gasteiger charge is -2.33. The van der Waals surface area contributed by atoms with Gasteiger partial charge in [-0.05, 0) is 18.4 Å². The van der Waals surface area contributed by atoms with Crippen LogP contribution in [0.25, 0.3) is 0 Å². The second-order valence-corrected chi connectivity index (χ2v) is 7.08. The molecule has 1 aromatic carbocycles. The van der Waals surface area contributed by atoms with Crippen LogP contribution >= 0.6 is 0 Å². The summed E-state index contributed by atoms with van der Waals surface area (Å²) in [6, 6.07) is 10.0. The Balaban J connectivity index is 1.71. The molecule has 2 aliphatic rings. The zero-order chi connectivity index (χ0) is 16.5. The van der Waals surface area contributed by atoms with Crippen LogP contribution in [-0.4, -0.2) is 32.6 Å². The minimum atomic E-state index is -0.215. The van der Waals surface area contributed by atoms with Crippen molar-refractivity contribution < 1.29 is 4.79 Å². The SMILES string of the molecule is CN1Cc2nnc(C3CCCCC3)n2[C@H](Cc2ccccc2)C1=O. The van der Waals surface area contributed by atoms with Gasteiger partial charge < -0.3 is 9.47 Å². The molecule has 1 fully saturated rings. The fourth-order valence-corrected chi connectivity index (χ4v) is 4.09. The molecule has 1 saturated carbocycles. The van der Waals surface area contributed by atoms with Crippen LogP contribution < -0.4 is 0 Å². The van der Waals surface area contributed by atoms with Gasteiger partial charge in [-0.1, -0.05) is 49.6 Å². The molecule has 126 valence electrons. The van der Waals surface area contributed by atoms with Crippen molar-refractivity contribution in [1.29, 1.82) is 0 Å². The standard InChI is InChI=1S/C19H24N4O/c1-22-13-17-20-21-18(15-10-6-3-7-11-15)23(17)16(19(22)24)12-14-8-4-2-5-9-14/h2,4-5,8-9,15-16H,3,6-7,10-13H2,1H3/t16-/m1/s1. The van der Waals surface area contributed by atoms with Crippen LogP contribution in [0.5, 0.6) is 0 Å². The second kappa shape index (κ2) is 6.38. The smallest absolute Gasteiger partial charge is 0.246 e. The molecule has 0 saturated heterocycles. The number of benzene rings is 1. The maximum Gasteiger partial charge on any atom is 0.246 e. The van der Waals surface area contributed by atoms with E-state index in [0.717, 1.165) is 11.6 Å². The molecule has 0 radical (unpaired) electrons. The number of nitrogens with zero attached hydrogens (tertiary/aromatic N) is 4. The van der Waals surface area contributed by atoms with Crippen LogP contribution in [-0.2, 0) is 17.8 Å². The zero-order valence-corrected chi connectivity index (χ0v) is 14.2. The molecule has 0 bridgehead atoms. The Labute approximate surface area is 142 Å². The van der Waals surface area contributed by atoms with Crippen molar-refractivity contribution in [2.24, 2.45) is 0 Å². The molecule has 0 unspecified atom stereocenters. The Morgan fingerprint density at radius 1 is 1.08 bits per heavy atom. The largest absolute Gasteiger partial charge is 0.336 e. The first-order valence-corrected chi connectivity index (χ1v) is 8.96. The molecule has 1 amide bonds. The summed E-state index contributed by atoms with van der Waals surface area (Å²) in [6.45, 7) is 0.559. The minimum Gasteiger partial charge on any atom is -0.336 e. The molecular formula is C19H24N4O. The summed E-state index contributed by atoms with van der Waals surface area (Å²) in [5.74, 6) is 2.59. The van der Waals surface area contributed by atoms with E-state index in [9.17, 15) is 4.79 Å². The lowest BCUT2D eigenvalue weighted by atomic mass is 9.88. The first kappa shape index (κ1) is 15.4. The van der Waals surface area contributed by atoms with Crippen molar-refractivity contribution in [3.63, 3.8) is 0 Å². The van der Waals surface area contributed by atoms with E-state index in [4.69, 9.17) is 0 Å². The highest BCUT2D eigenvalue weighted by Crippen LogP contribution is 2.35. The Bertz CT molecular complexity index is 718. The van der Waals surface area contributed by atoms with Gasteiger partial charge in [-0.3, -0.25) is 4.79 Å². The third-order valence-corrected chi connectivity index (χ3v) is 5.39. The number of amides is 1. The van der Waals surface area contributed by atoms with Crippen molar-refractivity contribution >= 4 is 5.91 Å². The van der Waals surface area contributed by atoms with E-state index in [-0.39, 0.29) is 11.9 Å². The van der Waals surface area contributed by atoms with Gasteiger partial charge in [-0.2, -0.15) is 0 Å². The number of aromatic nitrogens is 3. The van der Waals surface area contributed by atoms with Crippen LogP contribution in [0.15, 0.2) is 30.3 Å². The Hall–Kier alpha value is -2.17. The van der Waals surface area contributed by atoms with Gasteiger partial charge >= 0.3 is 0 Å². The third-order valence-electron chi connectivity index (χ3n) is 5.39. The maximum atomic E-state index is 12.9. The van der Waals surface area contributed by atoms with Gasteiger partial charge in [0.05, 0.1) is 6.54 Å². The van der Waals surface area contributed by atoms with Crippen LogP contribution in [0, 0.1) is 0 Å². The maximum absolute atomic E-state index is 12.9. The average Bonchev–Trinajstić information content (AvgIpc) is 3.04. The molecule has 0 N–H and O–H groups in total. The highest BCUT2D eigenvalue weighted by Gasteiger charge is 2.36. The fourth-order valence-electron chi connectivity index (χ4n) is 4.09. The van der Waals surface area contributed by atoms with E-state index >= 15 is 0 Å². The first-order chi connectivity index (χ1) is 11.7. The molecule has 1 atom stereocenters. The van der Waals surface area contributed by atoms with Crippen LogP contribution in [0.3, 0.4) is 0 Å². The van der Waals surface area contributed by atoms with Gasteiger partial charge in [-0.15, -0.1) is 10.2 Å².